The smallest absolute Gasteiger partial charge is 0.0762 e. The normalized spacial score (nSPS) is 16.1. The highest BCUT2D eigenvalue weighted by Crippen LogP contribution is 2.41. The summed E-state index contributed by atoms with van der Waals surface area (Å²) in [6.45, 7) is 3.16. The van der Waals surface area contributed by atoms with Gasteiger partial charge in [-0.3, -0.25) is 0 Å². The highest BCUT2D eigenvalue weighted by molar-refractivity contribution is 9.12. The Balaban J connectivity index is 1.98. The number of fused-ring (bicyclic) bond motifs is 1. The van der Waals surface area contributed by atoms with Crippen LogP contribution in [0.3, 0.4) is 0 Å². The molecule has 3 rings (SSSR count). The van der Waals surface area contributed by atoms with Crippen LogP contribution in [0.25, 0.3) is 0 Å². The van der Waals surface area contributed by atoms with Crippen molar-refractivity contribution in [3.8, 4) is 0 Å². The first-order chi connectivity index (χ1) is 9.69. The van der Waals surface area contributed by atoms with Gasteiger partial charge >= 0.3 is 0 Å². The van der Waals surface area contributed by atoms with Gasteiger partial charge in [0.25, 0.3) is 0 Å². The summed E-state index contributed by atoms with van der Waals surface area (Å²) in [6, 6.07) is 4.98. The Kier molecular flexibility index (Phi) is 5.03. The van der Waals surface area contributed by atoms with E-state index in [0.29, 0.717) is 6.04 Å². The van der Waals surface area contributed by atoms with Gasteiger partial charge in [-0.1, -0.05) is 6.92 Å². The van der Waals surface area contributed by atoms with Crippen LogP contribution in [-0.4, -0.2) is 6.54 Å². The highest BCUT2D eigenvalue weighted by Gasteiger charge is 2.23. The molecular formula is C15H17Br2NS2. The molecule has 5 heteroatoms. The van der Waals surface area contributed by atoms with Crippen molar-refractivity contribution in [1.82, 2.24) is 5.32 Å². The van der Waals surface area contributed by atoms with Crippen LogP contribution in [-0.2, 0) is 12.8 Å². The van der Waals surface area contributed by atoms with E-state index in [1.165, 1.54) is 43.7 Å². The fraction of sp³-hybridized carbons (Fsp3) is 0.467. The van der Waals surface area contributed by atoms with Crippen LogP contribution in [0.4, 0.5) is 0 Å². The summed E-state index contributed by atoms with van der Waals surface area (Å²) < 4.78 is 2.41. The molecule has 20 heavy (non-hydrogen) atoms. The monoisotopic (exact) mass is 433 g/mol. The van der Waals surface area contributed by atoms with E-state index in [9.17, 15) is 0 Å². The summed E-state index contributed by atoms with van der Waals surface area (Å²) in [5, 5.41) is 3.64. The SMILES string of the molecule is CCNC(c1cc2c(s1)CCCC2)c1cc(Br)sc1Br. The molecule has 0 aliphatic heterocycles. The summed E-state index contributed by atoms with van der Waals surface area (Å²) in [5.41, 5.74) is 2.94. The van der Waals surface area contributed by atoms with Gasteiger partial charge in [0.1, 0.15) is 0 Å². The highest BCUT2D eigenvalue weighted by atomic mass is 79.9. The summed E-state index contributed by atoms with van der Waals surface area (Å²) in [6.07, 6.45) is 5.24. The number of hydrogen-bond acceptors (Lipinski definition) is 3. The van der Waals surface area contributed by atoms with Gasteiger partial charge in [-0.25, -0.2) is 0 Å². The molecule has 2 aromatic heterocycles. The van der Waals surface area contributed by atoms with E-state index in [0.717, 1.165) is 6.54 Å². The maximum atomic E-state index is 3.71. The second-order valence-corrected chi connectivity index (χ2v) is 9.99. The van der Waals surface area contributed by atoms with Crippen molar-refractivity contribution in [2.24, 2.45) is 0 Å². The van der Waals surface area contributed by atoms with Gasteiger partial charge in [0.2, 0.25) is 0 Å². The van der Waals surface area contributed by atoms with Crippen molar-refractivity contribution < 1.29 is 0 Å². The molecule has 1 unspecified atom stereocenters. The molecule has 0 bridgehead atoms. The zero-order chi connectivity index (χ0) is 14.1. The van der Waals surface area contributed by atoms with Crippen LogP contribution < -0.4 is 5.32 Å². The lowest BCUT2D eigenvalue weighted by Gasteiger charge is -2.16. The zero-order valence-corrected chi connectivity index (χ0v) is 16.1. The van der Waals surface area contributed by atoms with Crippen LogP contribution in [0.1, 0.15) is 46.7 Å². The van der Waals surface area contributed by atoms with Crippen LogP contribution >= 0.6 is 54.5 Å². The van der Waals surface area contributed by atoms with Gasteiger partial charge in [0, 0.05) is 15.3 Å². The lowest BCUT2D eigenvalue weighted by molar-refractivity contribution is 0.638. The standard InChI is InChI=1S/C15H17Br2NS2/c1-2-18-14(10-8-13(16)20-15(10)17)12-7-9-5-3-4-6-11(9)19-12/h7-8,14,18H,2-6H2,1H3. The largest absolute Gasteiger partial charge is 0.306 e. The number of aryl methyl sites for hydroxylation is 2. The number of rotatable bonds is 4. The molecule has 0 spiro atoms. The van der Waals surface area contributed by atoms with E-state index >= 15 is 0 Å². The molecule has 0 saturated heterocycles. The predicted octanol–water partition coefficient (Wildman–Crippen LogP) is 5.91. The molecule has 1 nitrogen and oxygen atoms in total. The van der Waals surface area contributed by atoms with Crippen molar-refractivity contribution in [3.63, 3.8) is 0 Å². The molecule has 1 aliphatic carbocycles. The van der Waals surface area contributed by atoms with Crippen molar-refractivity contribution in [3.05, 3.63) is 40.6 Å². The number of nitrogens with one attached hydrogen (secondary N) is 1. The van der Waals surface area contributed by atoms with Crippen molar-refractivity contribution in [2.45, 2.75) is 38.6 Å². The van der Waals surface area contributed by atoms with Crippen LogP contribution in [0.5, 0.6) is 0 Å². The fourth-order valence-corrected chi connectivity index (χ4v) is 7.03. The lowest BCUT2D eigenvalue weighted by atomic mass is 9.98. The molecule has 0 saturated carbocycles. The zero-order valence-electron chi connectivity index (χ0n) is 11.3. The van der Waals surface area contributed by atoms with Crippen molar-refractivity contribution in [2.75, 3.05) is 6.54 Å². The molecule has 0 fully saturated rings. The molecular weight excluding hydrogens is 418 g/mol. The molecule has 108 valence electrons. The number of hydrogen-bond donors (Lipinski definition) is 1. The molecule has 1 atom stereocenters. The van der Waals surface area contributed by atoms with Crippen molar-refractivity contribution >= 4 is 54.5 Å². The fourth-order valence-electron chi connectivity index (χ4n) is 2.77. The molecule has 1 N–H and O–H groups in total. The second kappa shape index (κ2) is 6.61. The molecule has 0 aromatic carbocycles. The Bertz CT molecular complexity index is 580. The van der Waals surface area contributed by atoms with Gasteiger partial charge in [-0.2, -0.15) is 0 Å². The van der Waals surface area contributed by atoms with Gasteiger partial charge in [-0.15, -0.1) is 22.7 Å². The third kappa shape index (κ3) is 3.07. The average Bonchev–Trinajstić information content (AvgIpc) is 2.99. The number of thiophene rings is 2. The minimum atomic E-state index is 0.313. The van der Waals surface area contributed by atoms with Crippen LogP contribution in [0.15, 0.2) is 19.7 Å². The lowest BCUT2D eigenvalue weighted by Crippen LogP contribution is -2.20. The Morgan fingerprint density at radius 3 is 2.65 bits per heavy atom. The Hall–Kier alpha value is 0.320. The van der Waals surface area contributed by atoms with E-state index in [2.05, 4.69) is 56.2 Å². The maximum absolute atomic E-state index is 3.71. The predicted molar refractivity (Wildman–Crippen MR) is 96.2 cm³/mol. The molecule has 2 heterocycles. The number of halogens is 2. The first-order valence-electron chi connectivity index (χ1n) is 6.98. The quantitative estimate of drug-likeness (QED) is 0.630. The third-order valence-electron chi connectivity index (χ3n) is 3.70. The maximum Gasteiger partial charge on any atom is 0.0762 e. The second-order valence-electron chi connectivity index (χ2n) is 5.07. The Morgan fingerprint density at radius 1 is 1.20 bits per heavy atom. The summed E-state index contributed by atoms with van der Waals surface area (Å²) in [4.78, 5) is 3.07. The molecule has 2 aromatic rings. The minimum absolute atomic E-state index is 0.313. The van der Waals surface area contributed by atoms with Crippen molar-refractivity contribution in [1.29, 1.82) is 0 Å². The van der Waals surface area contributed by atoms with Gasteiger partial charge < -0.3 is 5.32 Å². The molecule has 1 aliphatic rings. The van der Waals surface area contributed by atoms with E-state index in [4.69, 9.17) is 0 Å². The third-order valence-corrected chi connectivity index (χ3v) is 7.39. The summed E-state index contributed by atoms with van der Waals surface area (Å²) >= 11 is 11.1. The van der Waals surface area contributed by atoms with E-state index in [1.807, 2.05) is 11.3 Å². The Labute approximate surface area is 145 Å². The first kappa shape index (κ1) is 15.2. The van der Waals surface area contributed by atoms with Gasteiger partial charge in [-0.05, 0) is 81.8 Å². The van der Waals surface area contributed by atoms with Gasteiger partial charge in [0.05, 0.1) is 13.6 Å². The average molecular weight is 435 g/mol. The summed E-state index contributed by atoms with van der Waals surface area (Å²) in [5.74, 6) is 0. The van der Waals surface area contributed by atoms with E-state index in [1.54, 1.807) is 21.8 Å². The van der Waals surface area contributed by atoms with Crippen LogP contribution in [0, 0.1) is 0 Å². The first-order valence-corrected chi connectivity index (χ1v) is 10.2. The van der Waals surface area contributed by atoms with E-state index in [-0.39, 0.29) is 0 Å². The molecule has 0 amide bonds. The van der Waals surface area contributed by atoms with Crippen LogP contribution in [0.2, 0.25) is 0 Å². The molecule has 0 radical (unpaired) electrons. The van der Waals surface area contributed by atoms with E-state index < -0.39 is 0 Å². The minimum Gasteiger partial charge on any atom is -0.306 e. The topological polar surface area (TPSA) is 12.0 Å². The Morgan fingerprint density at radius 2 is 2.00 bits per heavy atom. The summed E-state index contributed by atoms with van der Waals surface area (Å²) in [7, 11) is 0. The van der Waals surface area contributed by atoms with Gasteiger partial charge in [0.15, 0.2) is 0 Å².